The lowest BCUT2D eigenvalue weighted by atomic mass is 9.97. The fourth-order valence-corrected chi connectivity index (χ4v) is 6.09. The lowest BCUT2D eigenvalue weighted by Crippen LogP contribution is -2.41. The number of fused-ring (bicyclic) bond motifs is 1. The number of hydrogen-bond donors (Lipinski definition) is 2. The van der Waals surface area contributed by atoms with Gasteiger partial charge in [0.25, 0.3) is 5.56 Å². The molecule has 1 atom stereocenters. The smallest absolute Gasteiger partial charge is 0.259 e. The van der Waals surface area contributed by atoms with Gasteiger partial charge in [-0.15, -0.1) is 22.7 Å². The summed E-state index contributed by atoms with van der Waals surface area (Å²) in [6.45, 7) is 9.02. The van der Waals surface area contributed by atoms with Gasteiger partial charge in [0.2, 0.25) is 5.91 Å². The fraction of sp³-hybridized carbons (Fsp3) is 0.522. The maximum absolute atomic E-state index is 12.6. The fourth-order valence-electron chi connectivity index (χ4n) is 4.18. The molecule has 1 saturated heterocycles. The van der Waals surface area contributed by atoms with Gasteiger partial charge in [-0.1, -0.05) is 13.0 Å². The molecule has 4 heterocycles. The molecule has 3 aromatic rings. The normalized spacial score (nSPS) is 16.6. The molecule has 0 radical (unpaired) electrons. The van der Waals surface area contributed by atoms with Gasteiger partial charge in [0.15, 0.2) is 0 Å². The van der Waals surface area contributed by atoms with Crippen LogP contribution in [0, 0.1) is 19.8 Å². The number of thiophene rings is 2. The number of carbonyl (C=O) groups is 1. The SMILES string of the molecule is Cc1sc2nc(CCC(=O)NCC(c3cccs3)N3CCC(C)CC3)[nH]c(=O)c2c1C. The Morgan fingerprint density at radius 1 is 1.35 bits per heavy atom. The molecular formula is C23H30N4O2S2. The van der Waals surface area contributed by atoms with E-state index in [0.29, 0.717) is 30.6 Å². The molecular weight excluding hydrogens is 428 g/mol. The average molecular weight is 459 g/mol. The van der Waals surface area contributed by atoms with E-state index in [1.807, 2.05) is 13.8 Å². The minimum absolute atomic E-state index is 0.00628. The highest BCUT2D eigenvalue weighted by Crippen LogP contribution is 2.29. The number of nitrogens with one attached hydrogen (secondary N) is 2. The lowest BCUT2D eigenvalue weighted by Gasteiger charge is -2.36. The monoisotopic (exact) mass is 458 g/mol. The molecule has 0 bridgehead atoms. The molecule has 3 aromatic heterocycles. The van der Waals surface area contributed by atoms with Gasteiger partial charge in [-0.05, 0) is 62.7 Å². The highest BCUT2D eigenvalue weighted by Gasteiger charge is 2.25. The van der Waals surface area contributed by atoms with Crippen LogP contribution in [0.25, 0.3) is 10.2 Å². The first-order valence-electron chi connectivity index (χ1n) is 11.0. The first-order chi connectivity index (χ1) is 14.9. The Bertz CT molecular complexity index is 1090. The summed E-state index contributed by atoms with van der Waals surface area (Å²) in [4.78, 5) is 38.1. The van der Waals surface area contributed by atoms with Crippen LogP contribution in [0.4, 0.5) is 0 Å². The Labute approximate surface area is 190 Å². The number of hydrogen-bond acceptors (Lipinski definition) is 6. The van der Waals surface area contributed by atoms with Crippen LogP contribution >= 0.6 is 22.7 Å². The third-order valence-electron chi connectivity index (χ3n) is 6.30. The van der Waals surface area contributed by atoms with Crippen LogP contribution in [0.3, 0.4) is 0 Å². The highest BCUT2D eigenvalue weighted by atomic mass is 32.1. The van der Waals surface area contributed by atoms with Crippen LogP contribution in [-0.2, 0) is 11.2 Å². The Kier molecular flexibility index (Phi) is 6.89. The molecule has 1 unspecified atom stereocenters. The summed E-state index contributed by atoms with van der Waals surface area (Å²) < 4.78 is 0. The van der Waals surface area contributed by atoms with Crippen molar-refractivity contribution >= 4 is 38.8 Å². The highest BCUT2D eigenvalue weighted by molar-refractivity contribution is 7.18. The number of aromatic nitrogens is 2. The number of aryl methyl sites for hydroxylation is 3. The number of H-pyrrole nitrogens is 1. The Morgan fingerprint density at radius 3 is 2.84 bits per heavy atom. The number of aromatic amines is 1. The van der Waals surface area contributed by atoms with Crippen LogP contribution in [0.2, 0.25) is 0 Å². The third-order valence-corrected chi connectivity index (χ3v) is 8.37. The molecule has 8 heteroatoms. The molecule has 1 aliphatic heterocycles. The summed E-state index contributed by atoms with van der Waals surface area (Å²) in [5, 5.41) is 5.90. The standard InChI is InChI=1S/C23H30N4O2S2/c1-14-8-10-27(11-9-14)17(18-5-4-12-30-18)13-24-20(28)7-6-19-25-22(29)21-15(2)16(3)31-23(21)26-19/h4-5,12,14,17H,6-11,13H2,1-3H3,(H,24,28)(H,25,26,29). The molecule has 4 rings (SSSR count). The first kappa shape index (κ1) is 22.2. The van der Waals surface area contributed by atoms with Crippen LogP contribution in [-0.4, -0.2) is 40.4 Å². The van der Waals surface area contributed by atoms with Gasteiger partial charge < -0.3 is 10.3 Å². The largest absolute Gasteiger partial charge is 0.354 e. The van der Waals surface area contributed by atoms with Crippen LogP contribution < -0.4 is 10.9 Å². The molecule has 31 heavy (non-hydrogen) atoms. The molecule has 166 valence electrons. The number of nitrogens with zero attached hydrogens (tertiary/aromatic N) is 2. The molecule has 1 aliphatic rings. The van der Waals surface area contributed by atoms with Crippen molar-refractivity contribution in [1.82, 2.24) is 20.2 Å². The maximum Gasteiger partial charge on any atom is 0.259 e. The van der Waals surface area contributed by atoms with E-state index < -0.39 is 0 Å². The average Bonchev–Trinajstić information content (AvgIpc) is 3.37. The second-order valence-electron chi connectivity index (χ2n) is 8.53. The number of rotatable bonds is 7. The number of likely N-dealkylation sites (tertiary alicyclic amines) is 1. The van der Waals surface area contributed by atoms with Crippen molar-refractivity contribution in [3.05, 3.63) is 49.0 Å². The zero-order valence-corrected chi connectivity index (χ0v) is 20.0. The minimum Gasteiger partial charge on any atom is -0.354 e. The topological polar surface area (TPSA) is 78.1 Å². The Hall–Kier alpha value is -2.03. The third kappa shape index (κ3) is 5.07. The summed E-state index contributed by atoms with van der Waals surface area (Å²) in [5.41, 5.74) is 0.879. The van der Waals surface area contributed by atoms with Crippen LogP contribution in [0.15, 0.2) is 22.3 Å². The van der Waals surface area contributed by atoms with E-state index in [1.54, 1.807) is 11.3 Å². The predicted molar refractivity (Wildman–Crippen MR) is 128 cm³/mol. The second kappa shape index (κ2) is 9.63. The van der Waals surface area contributed by atoms with E-state index in [4.69, 9.17) is 0 Å². The molecule has 1 amide bonds. The minimum atomic E-state index is -0.112. The van der Waals surface area contributed by atoms with Crippen molar-refractivity contribution in [3.8, 4) is 0 Å². The molecule has 6 nitrogen and oxygen atoms in total. The number of amides is 1. The van der Waals surface area contributed by atoms with Crippen LogP contribution in [0.1, 0.15) is 53.4 Å². The lowest BCUT2D eigenvalue weighted by molar-refractivity contribution is -0.121. The Balaban J connectivity index is 1.36. The van der Waals surface area contributed by atoms with Crippen LogP contribution in [0.5, 0.6) is 0 Å². The van der Waals surface area contributed by atoms with Gasteiger partial charge in [0, 0.05) is 29.1 Å². The maximum atomic E-state index is 12.6. The van der Waals surface area contributed by atoms with Gasteiger partial charge in [-0.2, -0.15) is 0 Å². The molecule has 0 aromatic carbocycles. The number of carbonyl (C=O) groups excluding carboxylic acids is 1. The van der Waals surface area contributed by atoms with Gasteiger partial charge in [-0.25, -0.2) is 4.98 Å². The summed E-state index contributed by atoms with van der Waals surface area (Å²) >= 11 is 3.29. The summed E-state index contributed by atoms with van der Waals surface area (Å²) in [6.07, 6.45) is 3.15. The van der Waals surface area contributed by atoms with E-state index in [0.717, 1.165) is 34.3 Å². The van der Waals surface area contributed by atoms with Crippen molar-refractivity contribution in [2.75, 3.05) is 19.6 Å². The zero-order chi connectivity index (χ0) is 22.0. The van der Waals surface area contributed by atoms with Gasteiger partial charge in [-0.3, -0.25) is 14.5 Å². The van der Waals surface area contributed by atoms with Crippen molar-refractivity contribution < 1.29 is 4.79 Å². The molecule has 2 N–H and O–H groups in total. The van der Waals surface area contributed by atoms with Crippen molar-refractivity contribution in [2.45, 2.75) is 52.5 Å². The molecule has 1 fully saturated rings. The first-order valence-corrected chi connectivity index (χ1v) is 12.6. The summed E-state index contributed by atoms with van der Waals surface area (Å²) in [7, 11) is 0. The van der Waals surface area contributed by atoms with E-state index >= 15 is 0 Å². The van der Waals surface area contributed by atoms with Crippen molar-refractivity contribution in [3.63, 3.8) is 0 Å². The van der Waals surface area contributed by atoms with Crippen molar-refractivity contribution in [2.24, 2.45) is 5.92 Å². The second-order valence-corrected chi connectivity index (χ2v) is 10.7. The summed E-state index contributed by atoms with van der Waals surface area (Å²) in [6, 6.07) is 4.46. The molecule has 0 aliphatic carbocycles. The molecule has 0 saturated carbocycles. The van der Waals surface area contributed by atoms with Gasteiger partial charge >= 0.3 is 0 Å². The van der Waals surface area contributed by atoms with E-state index in [-0.39, 0.29) is 17.5 Å². The van der Waals surface area contributed by atoms with Gasteiger partial charge in [0.1, 0.15) is 10.7 Å². The quantitative estimate of drug-likeness (QED) is 0.557. The molecule has 0 spiro atoms. The van der Waals surface area contributed by atoms with E-state index in [1.165, 1.54) is 29.1 Å². The summed E-state index contributed by atoms with van der Waals surface area (Å²) in [5.74, 6) is 1.35. The van der Waals surface area contributed by atoms with E-state index in [9.17, 15) is 9.59 Å². The van der Waals surface area contributed by atoms with E-state index in [2.05, 4.69) is 44.6 Å². The van der Waals surface area contributed by atoms with Crippen molar-refractivity contribution in [1.29, 1.82) is 0 Å². The predicted octanol–water partition coefficient (Wildman–Crippen LogP) is 4.18. The Morgan fingerprint density at radius 2 is 2.13 bits per heavy atom. The number of piperidine rings is 1. The van der Waals surface area contributed by atoms with Gasteiger partial charge in [0.05, 0.1) is 11.4 Å². The zero-order valence-electron chi connectivity index (χ0n) is 18.4.